The summed E-state index contributed by atoms with van der Waals surface area (Å²) in [4.78, 5) is 10.4. The summed E-state index contributed by atoms with van der Waals surface area (Å²) in [7, 11) is 0. The van der Waals surface area contributed by atoms with E-state index in [-0.39, 0.29) is 10.6 Å². The van der Waals surface area contributed by atoms with Crippen LogP contribution < -0.4 is 5.32 Å². The SMILES string of the molecule is O=[N+]([O-])c1cc(Br)cc(CNCCC2CCOC2)c1. The maximum absolute atomic E-state index is 10.8. The van der Waals surface area contributed by atoms with Crippen molar-refractivity contribution in [3.63, 3.8) is 0 Å². The lowest BCUT2D eigenvalue weighted by Crippen LogP contribution is -2.18. The van der Waals surface area contributed by atoms with Crippen molar-refractivity contribution in [1.82, 2.24) is 5.32 Å². The number of nitro groups is 1. The lowest BCUT2D eigenvalue weighted by Gasteiger charge is -2.09. The minimum absolute atomic E-state index is 0.121. The lowest BCUT2D eigenvalue weighted by atomic mass is 10.1. The Labute approximate surface area is 120 Å². The third-order valence-corrected chi connectivity index (χ3v) is 3.69. The van der Waals surface area contributed by atoms with Crippen LogP contribution in [-0.4, -0.2) is 24.7 Å². The van der Waals surface area contributed by atoms with Crippen LogP contribution in [0.15, 0.2) is 22.7 Å². The predicted molar refractivity (Wildman–Crippen MR) is 76.0 cm³/mol. The van der Waals surface area contributed by atoms with Gasteiger partial charge in [0.2, 0.25) is 0 Å². The van der Waals surface area contributed by atoms with Crippen LogP contribution in [0.1, 0.15) is 18.4 Å². The van der Waals surface area contributed by atoms with Gasteiger partial charge in [-0.25, -0.2) is 0 Å². The highest BCUT2D eigenvalue weighted by molar-refractivity contribution is 9.10. The number of hydrogen-bond acceptors (Lipinski definition) is 4. The molecule has 1 fully saturated rings. The molecule has 1 aliphatic heterocycles. The number of nitrogens with zero attached hydrogens (tertiary/aromatic N) is 1. The molecule has 0 spiro atoms. The van der Waals surface area contributed by atoms with Gasteiger partial charge in [0.25, 0.3) is 5.69 Å². The number of nitro benzene ring substituents is 1. The fourth-order valence-corrected chi connectivity index (χ4v) is 2.72. The Morgan fingerprint density at radius 2 is 2.32 bits per heavy atom. The number of halogens is 1. The molecule has 1 unspecified atom stereocenters. The third-order valence-electron chi connectivity index (χ3n) is 3.24. The number of benzene rings is 1. The van der Waals surface area contributed by atoms with Crippen molar-refractivity contribution in [2.45, 2.75) is 19.4 Å². The first-order chi connectivity index (χ1) is 9.15. The summed E-state index contributed by atoms with van der Waals surface area (Å²) in [5, 5.41) is 14.1. The van der Waals surface area contributed by atoms with E-state index in [4.69, 9.17) is 4.74 Å². The lowest BCUT2D eigenvalue weighted by molar-refractivity contribution is -0.385. The smallest absolute Gasteiger partial charge is 0.270 e. The molecule has 0 aromatic heterocycles. The summed E-state index contributed by atoms with van der Waals surface area (Å²) in [5.41, 5.74) is 1.04. The molecule has 104 valence electrons. The van der Waals surface area contributed by atoms with Crippen molar-refractivity contribution in [2.24, 2.45) is 5.92 Å². The monoisotopic (exact) mass is 328 g/mol. The molecule has 6 heteroatoms. The standard InChI is InChI=1S/C13H17BrN2O3/c14-12-5-11(6-13(7-12)16(17)18)8-15-3-1-10-2-4-19-9-10/h5-7,10,15H,1-4,8-9H2. The van der Waals surface area contributed by atoms with Gasteiger partial charge in [0, 0.05) is 36.4 Å². The van der Waals surface area contributed by atoms with Gasteiger partial charge in [-0.3, -0.25) is 10.1 Å². The number of non-ortho nitro benzene ring substituents is 1. The average molecular weight is 329 g/mol. The molecule has 0 radical (unpaired) electrons. The molecule has 1 saturated heterocycles. The van der Waals surface area contributed by atoms with Gasteiger partial charge >= 0.3 is 0 Å². The largest absolute Gasteiger partial charge is 0.381 e. The topological polar surface area (TPSA) is 64.4 Å². The zero-order valence-corrected chi connectivity index (χ0v) is 12.2. The van der Waals surface area contributed by atoms with E-state index in [9.17, 15) is 10.1 Å². The molecular weight excluding hydrogens is 312 g/mol. The Hall–Kier alpha value is -0.980. The van der Waals surface area contributed by atoms with Gasteiger partial charge < -0.3 is 10.1 Å². The Kier molecular flexibility index (Phi) is 5.30. The molecule has 5 nitrogen and oxygen atoms in total. The molecule has 19 heavy (non-hydrogen) atoms. The molecule has 0 aliphatic carbocycles. The van der Waals surface area contributed by atoms with E-state index in [2.05, 4.69) is 21.2 Å². The highest BCUT2D eigenvalue weighted by Crippen LogP contribution is 2.21. The molecule has 0 amide bonds. The van der Waals surface area contributed by atoms with Crippen LogP contribution in [0, 0.1) is 16.0 Å². The highest BCUT2D eigenvalue weighted by atomic mass is 79.9. The number of hydrogen-bond donors (Lipinski definition) is 1. The molecule has 1 N–H and O–H groups in total. The first kappa shape index (κ1) is 14.4. The van der Waals surface area contributed by atoms with Gasteiger partial charge in [-0.15, -0.1) is 0 Å². The third kappa shape index (κ3) is 4.56. The van der Waals surface area contributed by atoms with Crippen LogP contribution >= 0.6 is 15.9 Å². The van der Waals surface area contributed by atoms with E-state index < -0.39 is 0 Å². The molecule has 0 bridgehead atoms. The Bertz CT molecular complexity index is 448. The van der Waals surface area contributed by atoms with Crippen molar-refractivity contribution in [3.8, 4) is 0 Å². The van der Waals surface area contributed by atoms with Crippen LogP contribution in [0.25, 0.3) is 0 Å². The van der Waals surface area contributed by atoms with Crippen LogP contribution in [0.2, 0.25) is 0 Å². The minimum atomic E-state index is -0.371. The summed E-state index contributed by atoms with van der Waals surface area (Å²) in [5.74, 6) is 0.657. The van der Waals surface area contributed by atoms with Crippen LogP contribution in [0.4, 0.5) is 5.69 Å². The van der Waals surface area contributed by atoms with E-state index in [1.165, 1.54) is 6.07 Å². The number of rotatable bonds is 6. The van der Waals surface area contributed by atoms with Crippen LogP contribution in [0.5, 0.6) is 0 Å². The van der Waals surface area contributed by atoms with E-state index >= 15 is 0 Å². The fourth-order valence-electron chi connectivity index (χ4n) is 2.19. The molecular formula is C13H17BrN2O3. The van der Waals surface area contributed by atoms with E-state index in [1.807, 2.05) is 6.07 Å². The molecule has 0 saturated carbocycles. The number of ether oxygens (including phenoxy) is 1. The van der Waals surface area contributed by atoms with Gasteiger partial charge in [0.15, 0.2) is 0 Å². The molecule has 1 aromatic carbocycles. The molecule has 1 aromatic rings. The Morgan fingerprint density at radius 1 is 1.47 bits per heavy atom. The van der Waals surface area contributed by atoms with Crippen molar-refractivity contribution < 1.29 is 9.66 Å². The minimum Gasteiger partial charge on any atom is -0.381 e. The van der Waals surface area contributed by atoms with Gasteiger partial charge in [0.1, 0.15) is 0 Å². The fraction of sp³-hybridized carbons (Fsp3) is 0.538. The van der Waals surface area contributed by atoms with E-state index in [0.29, 0.717) is 12.5 Å². The maximum atomic E-state index is 10.8. The normalized spacial score (nSPS) is 18.7. The van der Waals surface area contributed by atoms with Gasteiger partial charge in [-0.05, 0) is 36.9 Å². The van der Waals surface area contributed by atoms with Gasteiger partial charge in [-0.2, -0.15) is 0 Å². The second kappa shape index (κ2) is 6.98. The van der Waals surface area contributed by atoms with Gasteiger partial charge in [-0.1, -0.05) is 15.9 Å². The Balaban J connectivity index is 1.80. The predicted octanol–water partition coefficient (Wildman–Crippen LogP) is 2.87. The summed E-state index contributed by atoms with van der Waals surface area (Å²) in [6, 6.07) is 5.02. The van der Waals surface area contributed by atoms with E-state index in [0.717, 1.165) is 42.6 Å². The average Bonchev–Trinajstić information content (AvgIpc) is 2.87. The van der Waals surface area contributed by atoms with Crippen molar-refractivity contribution in [3.05, 3.63) is 38.3 Å². The quantitative estimate of drug-likeness (QED) is 0.495. The molecule has 1 heterocycles. The summed E-state index contributed by atoms with van der Waals surface area (Å²) >= 11 is 3.30. The Morgan fingerprint density at radius 3 is 3.00 bits per heavy atom. The van der Waals surface area contributed by atoms with Crippen molar-refractivity contribution in [2.75, 3.05) is 19.8 Å². The second-order valence-electron chi connectivity index (χ2n) is 4.77. The first-order valence-electron chi connectivity index (χ1n) is 6.37. The maximum Gasteiger partial charge on any atom is 0.270 e. The summed E-state index contributed by atoms with van der Waals surface area (Å²) < 4.78 is 6.06. The second-order valence-corrected chi connectivity index (χ2v) is 5.69. The number of nitrogens with one attached hydrogen (secondary N) is 1. The summed E-state index contributed by atoms with van der Waals surface area (Å²) in [6.45, 7) is 3.30. The zero-order chi connectivity index (χ0) is 13.7. The van der Waals surface area contributed by atoms with Crippen molar-refractivity contribution in [1.29, 1.82) is 0 Å². The molecule has 2 rings (SSSR count). The van der Waals surface area contributed by atoms with Crippen LogP contribution in [0.3, 0.4) is 0 Å². The van der Waals surface area contributed by atoms with Crippen LogP contribution in [-0.2, 0) is 11.3 Å². The highest BCUT2D eigenvalue weighted by Gasteiger charge is 2.14. The zero-order valence-electron chi connectivity index (χ0n) is 10.6. The van der Waals surface area contributed by atoms with Gasteiger partial charge in [0.05, 0.1) is 4.92 Å². The van der Waals surface area contributed by atoms with E-state index in [1.54, 1.807) is 6.07 Å². The summed E-state index contributed by atoms with van der Waals surface area (Å²) in [6.07, 6.45) is 2.24. The molecule has 1 aliphatic rings. The first-order valence-corrected chi connectivity index (χ1v) is 7.17. The molecule has 1 atom stereocenters. The van der Waals surface area contributed by atoms with Crippen molar-refractivity contribution >= 4 is 21.6 Å².